The minimum Gasteiger partial charge on any atom is -0.481 e. The van der Waals surface area contributed by atoms with E-state index in [9.17, 15) is 24.6 Å². The Bertz CT molecular complexity index is 1460. The number of anilines is 1. The molecule has 43 heavy (non-hydrogen) atoms. The van der Waals surface area contributed by atoms with Gasteiger partial charge in [-0.15, -0.1) is 0 Å². The average molecular weight is 590 g/mol. The van der Waals surface area contributed by atoms with Gasteiger partial charge in [0.2, 0.25) is 0 Å². The molecule has 4 aliphatic carbocycles. The number of rotatable bonds is 8. The van der Waals surface area contributed by atoms with Crippen molar-refractivity contribution in [2.75, 3.05) is 31.5 Å². The predicted molar refractivity (Wildman–Crippen MR) is 161 cm³/mol. The molecule has 0 radical (unpaired) electrons. The van der Waals surface area contributed by atoms with Crippen LogP contribution in [0, 0.1) is 29.6 Å². The van der Waals surface area contributed by atoms with Gasteiger partial charge < -0.3 is 20.1 Å². The van der Waals surface area contributed by atoms with Gasteiger partial charge in [-0.25, -0.2) is 4.98 Å². The monoisotopic (exact) mass is 589 g/mol. The van der Waals surface area contributed by atoms with E-state index in [1.54, 1.807) is 0 Å². The summed E-state index contributed by atoms with van der Waals surface area (Å²) in [6.07, 6.45) is 12.9. The van der Waals surface area contributed by atoms with E-state index in [0.717, 1.165) is 41.6 Å². The Morgan fingerprint density at radius 2 is 1.56 bits per heavy atom. The lowest BCUT2D eigenvalue weighted by molar-refractivity contribution is -0.151. The van der Waals surface area contributed by atoms with Gasteiger partial charge in [0, 0.05) is 49.8 Å². The molecular formula is C33H43N5O5. The molecule has 0 spiro atoms. The van der Waals surface area contributed by atoms with Crippen LogP contribution in [0.25, 0.3) is 11.0 Å². The number of aliphatic carboxylic acids is 2. The number of carbonyl (C=O) groups is 2. The van der Waals surface area contributed by atoms with E-state index < -0.39 is 23.8 Å². The Morgan fingerprint density at radius 3 is 2.21 bits per heavy atom. The first kappa shape index (κ1) is 27.6. The number of likely N-dealkylation sites (tertiary alicyclic amines) is 1. The van der Waals surface area contributed by atoms with Gasteiger partial charge in [0.1, 0.15) is 0 Å². The van der Waals surface area contributed by atoms with Crippen LogP contribution in [0.4, 0.5) is 5.82 Å². The average Bonchev–Trinajstić information content (AvgIpc) is 3.59. The maximum absolute atomic E-state index is 14.1. The summed E-state index contributed by atoms with van der Waals surface area (Å²) in [6.45, 7) is 1.20. The van der Waals surface area contributed by atoms with Crippen molar-refractivity contribution in [2.24, 2.45) is 29.6 Å². The van der Waals surface area contributed by atoms with Crippen LogP contribution in [0.5, 0.6) is 0 Å². The summed E-state index contributed by atoms with van der Waals surface area (Å²) >= 11 is 0. The van der Waals surface area contributed by atoms with Crippen molar-refractivity contribution in [1.29, 1.82) is 0 Å². The third kappa shape index (κ3) is 4.42. The second-order valence-electron chi connectivity index (χ2n) is 14.6. The Hall–Kier alpha value is -2.98. The zero-order valence-corrected chi connectivity index (χ0v) is 24.7. The number of nitrogens with one attached hydrogen (secondary N) is 1. The molecule has 3 aliphatic heterocycles. The molecule has 0 amide bonds. The van der Waals surface area contributed by atoms with Gasteiger partial charge in [-0.05, 0) is 87.7 Å². The minimum absolute atomic E-state index is 0.0949. The molecule has 6 bridgehead atoms. The highest BCUT2D eigenvalue weighted by atomic mass is 16.4. The summed E-state index contributed by atoms with van der Waals surface area (Å²) in [5.74, 6) is -0.940. The number of hydrogen-bond acceptors (Lipinski definition) is 7. The van der Waals surface area contributed by atoms with Crippen LogP contribution < -0.4 is 10.9 Å². The summed E-state index contributed by atoms with van der Waals surface area (Å²) in [7, 11) is 0. The predicted octanol–water partition coefficient (Wildman–Crippen LogP) is 3.66. The normalized spacial score (nSPS) is 38.6. The molecule has 10 heteroatoms. The lowest BCUT2D eigenvalue weighted by Gasteiger charge is -2.58. The van der Waals surface area contributed by atoms with E-state index in [2.05, 4.69) is 10.2 Å². The zero-order valence-electron chi connectivity index (χ0n) is 24.7. The number of hydrogen-bond donors (Lipinski definition) is 3. The van der Waals surface area contributed by atoms with Crippen LogP contribution in [0.1, 0.15) is 70.3 Å². The van der Waals surface area contributed by atoms with Crippen LogP contribution in [0.2, 0.25) is 0 Å². The second kappa shape index (κ2) is 10.3. The van der Waals surface area contributed by atoms with Crippen molar-refractivity contribution < 1.29 is 19.8 Å². The van der Waals surface area contributed by atoms with Crippen LogP contribution in [0.15, 0.2) is 29.1 Å². The fraction of sp³-hybridized carbons (Fsp3) is 0.697. The number of carboxylic acid groups (broad SMARTS) is 2. The highest BCUT2D eigenvalue weighted by Crippen LogP contribution is 2.65. The fourth-order valence-electron chi connectivity index (χ4n) is 11.0. The molecule has 4 saturated carbocycles. The number of piperidine rings is 2. The van der Waals surface area contributed by atoms with Gasteiger partial charge in [0.25, 0.3) is 5.56 Å². The third-order valence-electron chi connectivity index (χ3n) is 12.3. The van der Waals surface area contributed by atoms with Gasteiger partial charge in [0.05, 0.1) is 22.9 Å². The highest BCUT2D eigenvalue weighted by Gasteiger charge is 2.63. The largest absolute Gasteiger partial charge is 0.481 e. The molecule has 2 aromatic rings. The molecule has 3 saturated heterocycles. The van der Waals surface area contributed by atoms with Gasteiger partial charge in [-0.2, -0.15) is 0 Å². The van der Waals surface area contributed by atoms with Crippen LogP contribution >= 0.6 is 0 Å². The van der Waals surface area contributed by atoms with Gasteiger partial charge in [-0.3, -0.25) is 24.2 Å². The van der Waals surface area contributed by atoms with Crippen molar-refractivity contribution >= 4 is 28.8 Å². The first-order chi connectivity index (χ1) is 20.8. The van der Waals surface area contributed by atoms with Gasteiger partial charge >= 0.3 is 11.9 Å². The molecule has 230 valence electrons. The topological polar surface area (TPSA) is 128 Å². The van der Waals surface area contributed by atoms with Crippen LogP contribution in [0.3, 0.4) is 0 Å². The van der Waals surface area contributed by atoms with Gasteiger partial charge in [-0.1, -0.05) is 18.6 Å². The quantitative estimate of drug-likeness (QED) is 0.423. The minimum atomic E-state index is -1.08. The van der Waals surface area contributed by atoms with E-state index in [1.807, 2.05) is 33.7 Å². The van der Waals surface area contributed by atoms with E-state index in [4.69, 9.17) is 4.98 Å². The highest BCUT2D eigenvalue weighted by molar-refractivity contribution is 5.81. The summed E-state index contributed by atoms with van der Waals surface area (Å²) in [5, 5.41) is 22.2. The SMILES string of the molecule is O=C(O)C1CN(CCNc2nc3ccccc3n(C3CC4CCC[C@@H](C3)N4C34CC5CC(CC3C5)C4)c2=O)C[C@H]1C(=O)O. The molecule has 4 heterocycles. The smallest absolute Gasteiger partial charge is 0.308 e. The van der Waals surface area contributed by atoms with Crippen molar-refractivity contribution in [3.8, 4) is 0 Å². The number of aromatic nitrogens is 2. The molecule has 5 unspecified atom stereocenters. The number of carboxylic acids is 2. The second-order valence-corrected chi connectivity index (χ2v) is 14.6. The molecule has 1 aromatic carbocycles. The molecule has 7 atom stereocenters. The molecule has 7 aliphatic rings. The summed E-state index contributed by atoms with van der Waals surface area (Å²) < 4.78 is 2.03. The number of nitrogens with zero attached hydrogens (tertiary/aromatic N) is 4. The van der Waals surface area contributed by atoms with E-state index >= 15 is 0 Å². The standard InChI is InChI=1S/C33H43N5O5/c39-30-29(34-8-9-36-17-25(31(40)41)26(18-36)32(42)43)35-27-6-1-2-7-28(27)37(30)24-13-22-4-3-5-23(14-24)38(22)33-15-19-10-20(16-33)12-21(33)11-19/h1-2,6-7,19-26H,3-5,8-18H2,(H,34,35)(H,40,41)(H,42,43)/t19?,20?,21?,22-,23?,24?,25+,26?,33?/m0/s1. The first-order valence-corrected chi connectivity index (χ1v) is 16.5. The van der Waals surface area contributed by atoms with Crippen molar-refractivity contribution in [3.63, 3.8) is 0 Å². The number of fused-ring (bicyclic) bond motifs is 3. The van der Waals surface area contributed by atoms with Crippen LogP contribution in [-0.2, 0) is 9.59 Å². The van der Waals surface area contributed by atoms with Gasteiger partial charge in [0.15, 0.2) is 5.82 Å². The Labute approximate surface area is 251 Å². The molecule has 3 N–H and O–H groups in total. The molecule has 10 nitrogen and oxygen atoms in total. The Balaban J connectivity index is 1.04. The molecule has 7 fully saturated rings. The number of para-hydroxylation sites is 2. The summed E-state index contributed by atoms with van der Waals surface area (Å²) in [5.41, 5.74) is 2.01. The zero-order chi connectivity index (χ0) is 29.5. The van der Waals surface area contributed by atoms with E-state index in [1.165, 1.54) is 51.4 Å². The maximum atomic E-state index is 14.1. The summed E-state index contributed by atoms with van der Waals surface area (Å²) in [6, 6.07) is 9.13. The number of benzene rings is 1. The lowest BCUT2D eigenvalue weighted by Crippen LogP contribution is -2.63. The molecule has 9 rings (SSSR count). The van der Waals surface area contributed by atoms with Crippen LogP contribution in [-0.4, -0.2) is 85.3 Å². The Kier molecular flexibility index (Phi) is 6.60. The fourth-order valence-corrected chi connectivity index (χ4v) is 11.0. The summed E-state index contributed by atoms with van der Waals surface area (Å²) in [4.78, 5) is 46.9. The molecular weight excluding hydrogens is 546 g/mol. The maximum Gasteiger partial charge on any atom is 0.308 e. The van der Waals surface area contributed by atoms with Crippen molar-refractivity contribution in [2.45, 2.75) is 87.9 Å². The van der Waals surface area contributed by atoms with E-state index in [-0.39, 0.29) is 24.7 Å². The Morgan fingerprint density at radius 1 is 0.907 bits per heavy atom. The van der Waals surface area contributed by atoms with Crippen molar-refractivity contribution in [1.82, 2.24) is 19.4 Å². The lowest BCUT2D eigenvalue weighted by atomic mass is 9.73. The molecule has 1 aromatic heterocycles. The van der Waals surface area contributed by atoms with Crippen molar-refractivity contribution in [3.05, 3.63) is 34.6 Å². The third-order valence-corrected chi connectivity index (χ3v) is 12.3. The van der Waals surface area contributed by atoms with E-state index in [0.29, 0.717) is 36.5 Å². The first-order valence-electron chi connectivity index (χ1n) is 16.5.